The Bertz CT molecular complexity index is 1270. The summed E-state index contributed by atoms with van der Waals surface area (Å²) in [5, 5.41) is 20.7. The summed E-state index contributed by atoms with van der Waals surface area (Å²) in [4.78, 5) is 7.85. The third-order valence-corrected chi connectivity index (χ3v) is 5.04. The molecule has 0 bridgehead atoms. The molecule has 0 aliphatic rings. The Hall–Kier alpha value is -3.88. The second kappa shape index (κ2) is 7.51. The second-order valence-corrected chi connectivity index (χ2v) is 7.82. The van der Waals surface area contributed by atoms with Crippen LogP contribution in [0.15, 0.2) is 77.8 Å². The fourth-order valence-corrected chi connectivity index (χ4v) is 3.45. The quantitative estimate of drug-likeness (QED) is 0.420. The number of nitrogens with one attached hydrogen (secondary N) is 1. The van der Waals surface area contributed by atoms with Gasteiger partial charge < -0.3 is 15.8 Å². The fourth-order valence-electron chi connectivity index (χ4n) is 3.45. The first kappa shape index (κ1) is 19.4. The smallest absolute Gasteiger partial charge is 0.199 e. The van der Waals surface area contributed by atoms with E-state index in [0.717, 1.165) is 22.2 Å². The van der Waals surface area contributed by atoms with E-state index in [1.165, 1.54) is 0 Å². The molecule has 3 aromatic carbocycles. The average Bonchev–Trinajstić information content (AvgIpc) is 3.07. The molecule has 0 saturated heterocycles. The molecule has 5 heteroatoms. The number of hydrogen-bond donors (Lipinski definition) is 3. The molecule has 148 valence electrons. The molecule has 0 unspecified atom stereocenters. The standard InChI is InChI=1S/C25H22N4O/c1-25(2,27)18-9-11-19(12-10-18)28-23(17-6-4-3-5-7-17)22-20-13-8-16(15-26)14-21(20)29-24(22)30/h3-14,29-30H,27H2,1-2H3. The fraction of sp³-hybridized carbons (Fsp3) is 0.120. The molecule has 0 atom stereocenters. The normalized spacial score (nSPS) is 12.1. The first-order valence-electron chi connectivity index (χ1n) is 9.65. The number of aromatic nitrogens is 1. The van der Waals surface area contributed by atoms with E-state index in [0.29, 0.717) is 22.4 Å². The molecule has 0 fully saturated rings. The zero-order valence-electron chi connectivity index (χ0n) is 16.8. The molecule has 1 aromatic heterocycles. The minimum atomic E-state index is -0.432. The third kappa shape index (κ3) is 3.69. The van der Waals surface area contributed by atoms with Crippen LogP contribution >= 0.6 is 0 Å². The van der Waals surface area contributed by atoms with Gasteiger partial charge in [0, 0.05) is 16.5 Å². The molecule has 1 heterocycles. The van der Waals surface area contributed by atoms with E-state index in [1.807, 2.05) is 74.5 Å². The first-order chi connectivity index (χ1) is 14.4. The van der Waals surface area contributed by atoms with Crippen molar-refractivity contribution in [2.75, 3.05) is 0 Å². The lowest BCUT2D eigenvalue weighted by Gasteiger charge is -2.19. The van der Waals surface area contributed by atoms with Gasteiger partial charge in [0.2, 0.25) is 0 Å². The van der Waals surface area contributed by atoms with Crippen molar-refractivity contribution >= 4 is 22.3 Å². The Balaban J connectivity index is 1.91. The Morgan fingerprint density at radius 2 is 1.73 bits per heavy atom. The molecule has 4 rings (SSSR count). The molecule has 4 N–H and O–H groups in total. The topological polar surface area (TPSA) is 98.2 Å². The number of nitrogens with zero attached hydrogens (tertiary/aromatic N) is 2. The van der Waals surface area contributed by atoms with Crippen LogP contribution in [0.5, 0.6) is 5.88 Å². The van der Waals surface area contributed by atoms with Crippen LogP contribution in [-0.4, -0.2) is 15.8 Å². The van der Waals surface area contributed by atoms with E-state index in [-0.39, 0.29) is 5.88 Å². The van der Waals surface area contributed by atoms with Gasteiger partial charge in [0.05, 0.1) is 34.1 Å². The minimum Gasteiger partial charge on any atom is -0.494 e. The average molecular weight is 394 g/mol. The number of aromatic hydroxyl groups is 1. The molecular weight excluding hydrogens is 372 g/mol. The summed E-state index contributed by atoms with van der Waals surface area (Å²) in [5.74, 6) is 0.0161. The maximum absolute atomic E-state index is 10.7. The number of aromatic amines is 1. The molecule has 0 saturated carbocycles. The van der Waals surface area contributed by atoms with E-state index >= 15 is 0 Å². The van der Waals surface area contributed by atoms with E-state index in [2.05, 4.69) is 11.1 Å². The van der Waals surface area contributed by atoms with E-state index in [4.69, 9.17) is 10.7 Å². The van der Waals surface area contributed by atoms with Crippen LogP contribution in [0.4, 0.5) is 5.69 Å². The van der Waals surface area contributed by atoms with Crippen molar-refractivity contribution < 1.29 is 5.11 Å². The van der Waals surface area contributed by atoms with Crippen molar-refractivity contribution in [3.63, 3.8) is 0 Å². The molecule has 30 heavy (non-hydrogen) atoms. The van der Waals surface area contributed by atoms with Crippen LogP contribution in [0, 0.1) is 11.3 Å². The number of nitriles is 1. The molecule has 0 spiro atoms. The first-order valence-corrected chi connectivity index (χ1v) is 9.65. The molecule has 0 aliphatic carbocycles. The number of hydrogen-bond acceptors (Lipinski definition) is 4. The van der Waals surface area contributed by atoms with Crippen LogP contribution < -0.4 is 5.73 Å². The van der Waals surface area contributed by atoms with Crippen molar-refractivity contribution in [2.24, 2.45) is 10.7 Å². The Labute approximate surface area is 175 Å². The highest BCUT2D eigenvalue weighted by Gasteiger charge is 2.19. The Morgan fingerprint density at radius 1 is 1.03 bits per heavy atom. The van der Waals surface area contributed by atoms with E-state index in [9.17, 15) is 10.4 Å². The van der Waals surface area contributed by atoms with Gasteiger partial charge in [-0.05, 0) is 43.7 Å². The van der Waals surface area contributed by atoms with Crippen LogP contribution in [0.3, 0.4) is 0 Å². The summed E-state index contributed by atoms with van der Waals surface area (Å²) in [6.07, 6.45) is 0. The number of fused-ring (bicyclic) bond motifs is 1. The predicted molar refractivity (Wildman–Crippen MR) is 120 cm³/mol. The molecule has 5 nitrogen and oxygen atoms in total. The maximum Gasteiger partial charge on any atom is 0.199 e. The van der Waals surface area contributed by atoms with Crippen LogP contribution in [0.25, 0.3) is 10.9 Å². The van der Waals surface area contributed by atoms with Crippen LogP contribution in [-0.2, 0) is 5.54 Å². The Morgan fingerprint density at radius 3 is 2.37 bits per heavy atom. The van der Waals surface area contributed by atoms with Crippen molar-refractivity contribution in [1.82, 2.24) is 4.98 Å². The lowest BCUT2D eigenvalue weighted by Crippen LogP contribution is -2.28. The lowest BCUT2D eigenvalue weighted by atomic mass is 9.95. The van der Waals surface area contributed by atoms with Crippen molar-refractivity contribution in [2.45, 2.75) is 19.4 Å². The molecule has 0 radical (unpaired) electrons. The van der Waals surface area contributed by atoms with Gasteiger partial charge in [0.25, 0.3) is 0 Å². The summed E-state index contributed by atoms with van der Waals surface area (Å²) in [6.45, 7) is 3.92. The molecule has 0 amide bonds. The van der Waals surface area contributed by atoms with Crippen LogP contribution in [0.1, 0.15) is 36.1 Å². The number of rotatable bonds is 4. The summed E-state index contributed by atoms with van der Waals surface area (Å²) in [5.41, 5.74) is 10.8. The second-order valence-electron chi connectivity index (χ2n) is 7.82. The van der Waals surface area contributed by atoms with Crippen LogP contribution in [0.2, 0.25) is 0 Å². The monoisotopic (exact) mass is 394 g/mol. The SMILES string of the molecule is CC(C)(N)c1ccc(N=C(c2ccccc2)c2c(O)[nH]c3cc(C#N)ccc23)cc1. The van der Waals surface area contributed by atoms with Gasteiger partial charge in [0.15, 0.2) is 5.88 Å². The highest BCUT2D eigenvalue weighted by atomic mass is 16.3. The number of benzene rings is 3. The Kier molecular flexibility index (Phi) is 4.86. The summed E-state index contributed by atoms with van der Waals surface area (Å²) >= 11 is 0. The zero-order valence-corrected chi connectivity index (χ0v) is 16.8. The summed E-state index contributed by atoms with van der Waals surface area (Å²) < 4.78 is 0. The van der Waals surface area contributed by atoms with Gasteiger partial charge in [-0.3, -0.25) is 0 Å². The zero-order chi connectivity index (χ0) is 21.3. The molecule has 4 aromatic rings. The number of nitrogens with two attached hydrogens (primary N) is 1. The number of H-pyrrole nitrogens is 1. The predicted octanol–water partition coefficient (Wildman–Crippen LogP) is 5.11. The molecule has 0 aliphatic heterocycles. The van der Waals surface area contributed by atoms with Gasteiger partial charge in [-0.1, -0.05) is 48.5 Å². The highest BCUT2D eigenvalue weighted by Crippen LogP contribution is 2.32. The van der Waals surface area contributed by atoms with Crippen molar-refractivity contribution in [3.05, 3.63) is 95.1 Å². The van der Waals surface area contributed by atoms with Gasteiger partial charge in [-0.25, -0.2) is 4.99 Å². The number of aliphatic imine (C=N–C) groups is 1. The summed E-state index contributed by atoms with van der Waals surface area (Å²) in [7, 11) is 0. The summed E-state index contributed by atoms with van der Waals surface area (Å²) in [6, 6.07) is 24.9. The lowest BCUT2D eigenvalue weighted by molar-refractivity contribution is 0.457. The van der Waals surface area contributed by atoms with Crippen molar-refractivity contribution in [3.8, 4) is 11.9 Å². The maximum atomic E-state index is 10.7. The van der Waals surface area contributed by atoms with Gasteiger partial charge in [-0.15, -0.1) is 0 Å². The highest BCUT2D eigenvalue weighted by molar-refractivity contribution is 6.21. The third-order valence-electron chi connectivity index (χ3n) is 5.04. The van der Waals surface area contributed by atoms with Gasteiger partial charge in [0.1, 0.15) is 0 Å². The minimum absolute atomic E-state index is 0.0161. The van der Waals surface area contributed by atoms with Gasteiger partial charge in [-0.2, -0.15) is 5.26 Å². The van der Waals surface area contributed by atoms with Gasteiger partial charge >= 0.3 is 0 Å². The molecular formula is C25H22N4O. The van der Waals surface area contributed by atoms with E-state index in [1.54, 1.807) is 12.1 Å². The van der Waals surface area contributed by atoms with E-state index < -0.39 is 5.54 Å². The van der Waals surface area contributed by atoms with Crippen molar-refractivity contribution in [1.29, 1.82) is 5.26 Å². The largest absolute Gasteiger partial charge is 0.494 e.